The molecular formula is C15H14ClN3O2. The largest absolute Gasteiger partial charge is 0.350 e. The predicted octanol–water partition coefficient (Wildman–Crippen LogP) is 2.38. The molecule has 0 aliphatic heterocycles. The predicted molar refractivity (Wildman–Crippen MR) is 80.8 cm³/mol. The lowest BCUT2D eigenvalue weighted by Gasteiger charge is -2.07. The summed E-state index contributed by atoms with van der Waals surface area (Å²) in [5, 5.41) is 5.66. The number of nitrogens with zero attached hydrogens (tertiary/aromatic N) is 1. The van der Waals surface area contributed by atoms with Gasteiger partial charge in [-0.2, -0.15) is 0 Å². The molecule has 0 aliphatic rings. The number of aromatic nitrogens is 1. The third-order valence-electron chi connectivity index (χ3n) is 2.66. The van der Waals surface area contributed by atoms with E-state index in [0.29, 0.717) is 17.3 Å². The summed E-state index contributed by atoms with van der Waals surface area (Å²) < 4.78 is 0. The lowest BCUT2D eigenvalue weighted by Crippen LogP contribution is -2.28. The number of halogens is 1. The van der Waals surface area contributed by atoms with Gasteiger partial charge in [0.05, 0.1) is 22.9 Å². The molecular weight excluding hydrogens is 290 g/mol. The summed E-state index contributed by atoms with van der Waals surface area (Å²) in [5.74, 6) is -0.785. The van der Waals surface area contributed by atoms with Gasteiger partial charge in [-0.15, -0.1) is 0 Å². The van der Waals surface area contributed by atoms with Crippen LogP contribution in [0.1, 0.15) is 12.1 Å². The number of benzene rings is 1. The summed E-state index contributed by atoms with van der Waals surface area (Å²) in [5.41, 5.74) is 1.22. The lowest BCUT2D eigenvalue weighted by molar-refractivity contribution is -0.126. The van der Waals surface area contributed by atoms with Crippen LogP contribution in [0.25, 0.3) is 0 Å². The Labute approximate surface area is 127 Å². The molecule has 2 amide bonds. The third kappa shape index (κ3) is 4.89. The van der Waals surface area contributed by atoms with Crippen molar-refractivity contribution in [2.45, 2.75) is 13.0 Å². The van der Waals surface area contributed by atoms with Crippen LogP contribution in [0.3, 0.4) is 0 Å². The van der Waals surface area contributed by atoms with Gasteiger partial charge < -0.3 is 10.6 Å². The van der Waals surface area contributed by atoms with Crippen molar-refractivity contribution in [3.63, 3.8) is 0 Å². The van der Waals surface area contributed by atoms with E-state index in [9.17, 15) is 9.59 Å². The second-order valence-corrected chi connectivity index (χ2v) is 4.71. The van der Waals surface area contributed by atoms with E-state index in [1.54, 1.807) is 42.6 Å². The van der Waals surface area contributed by atoms with Gasteiger partial charge in [0.15, 0.2) is 0 Å². The van der Waals surface area contributed by atoms with Gasteiger partial charge in [0.25, 0.3) is 0 Å². The van der Waals surface area contributed by atoms with Gasteiger partial charge in [0.1, 0.15) is 6.42 Å². The molecule has 2 aromatic rings. The second kappa shape index (κ2) is 7.40. The van der Waals surface area contributed by atoms with E-state index in [4.69, 9.17) is 11.6 Å². The summed E-state index contributed by atoms with van der Waals surface area (Å²) in [6.45, 7) is 0.291. The van der Waals surface area contributed by atoms with Crippen LogP contribution in [0.2, 0.25) is 5.02 Å². The van der Waals surface area contributed by atoms with Crippen LogP contribution in [0.15, 0.2) is 48.7 Å². The van der Waals surface area contributed by atoms with Crippen molar-refractivity contribution >= 4 is 29.1 Å². The Balaban J connectivity index is 1.80. The molecule has 21 heavy (non-hydrogen) atoms. The van der Waals surface area contributed by atoms with E-state index in [1.165, 1.54) is 0 Å². The zero-order chi connectivity index (χ0) is 15.1. The Morgan fingerprint density at radius 1 is 1.05 bits per heavy atom. The second-order valence-electron chi connectivity index (χ2n) is 4.30. The molecule has 0 fully saturated rings. The molecule has 6 heteroatoms. The molecule has 2 rings (SSSR count). The number of nitrogens with one attached hydrogen (secondary N) is 2. The van der Waals surface area contributed by atoms with E-state index in [1.807, 2.05) is 6.07 Å². The molecule has 0 saturated carbocycles. The van der Waals surface area contributed by atoms with Crippen molar-refractivity contribution in [3.05, 3.63) is 59.4 Å². The minimum atomic E-state index is -0.415. The number of pyridine rings is 1. The zero-order valence-electron chi connectivity index (χ0n) is 11.2. The molecule has 0 radical (unpaired) electrons. The maximum atomic E-state index is 11.7. The minimum Gasteiger partial charge on any atom is -0.350 e. The van der Waals surface area contributed by atoms with Gasteiger partial charge in [-0.3, -0.25) is 14.6 Å². The smallest absolute Gasteiger partial charge is 0.233 e. The maximum absolute atomic E-state index is 11.7. The average Bonchev–Trinajstić information content (AvgIpc) is 2.48. The fourth-order valence-electron chi connectivity index (χ4n) is 1.66. The van der Waals surface area contributed by atoms with E-state index in [-0.39, 0.29) is 12.3 Å². The standard InChI is InChI=1S/C15H14ClN3O2/c16-12-6-1-2-7-13(12)19-15(21)9-14(20)18-10-11-5-3-4-8-17-11/h1-8H,9-10H2,(H,18,20)(H,19,21). The topological polar surface area (TPSA) is 71.1 Å². The molecule has 0 bridgehead atoms. The highest BCUT2D eigenvalue weighted by molar-refractivity contribution is 6.33. The van der Waals surface area contributed by atoms with Crippen molar-refractivity contribution in [1.82, 2.24) is 10.3 Å². The first-order valence-electron chi connectivity index (χ1n) is 6.36. The molecule has 0 unspecified atom stereocenters. The average molecular weight is 304 g/mol. The number of carbonyl (C=O) groups is 2. The lowest BCUT2D eigenvalue weighted by atomic mass is 10.3. The van der Waals surface area contributed by atoms with Crippen molar-refractivity contribution in [2.75, 3.05) is 5.32 Å². The number of hydrogen-bond donors (Lipinski definition) is 2. The normalized spacial score (nSPS) is 9.95. The Morgan fingerprint density at radius 2 is 1.81 bits per heavy atom. The first-order chi connectivity index (χ1) is 10.1. The van der Waals surface area contributed by atoms with Crippen molar-refractivity contribution in [2.24, 2.45) is 0 Å². The van der Waals surface area contributed by atoms with Gasteiger partial charge in [-0.05, 0) is 24.3 Å². The number of para-hydroxylation sites is 1. The number of hydrogen-bond acceptors (Lipinski definition) is 3. The van der Waals surface area contributed by atoms with E-state index in [0.717, 1.165) is 5.69 Å². The molecule has 1 aromatic heterocycles. The molecule has 108 valence electrons. The number of carbonyl (C=O) groups excluding carboxylic acids is 2. The molecule has 0 aliphatic carbocycles. The monoisotopic (exact) mass is 303 g/mol. The van der Waals surface area contributed by atoms with Crippen molar-refractivity contribution < 1.29 is 9.59 Å². The molecule has 1 heterocycles. The fraction of sp³-hybridized carbons (Fsp3) is 0.133. The van der Waals surface area contributed by atoms with Crippen LogP contribution >= 0.6 is 11.6 Å². The molecule has 0 spiro atoms. The Bertz CT molecular complexity index is 632. The first-order valence-corrected chi connectivity index (χ1v) is 6.74. The Morgan fingerprint density at radius 3 is 2.52 bits per heavy atom. The third-order valence-corrected chi connectivity index (χ3v) is 2.99. The molecule has 0 atom stereocenters. The fourth-order valence-corrected chi connectivity index (χ4v) is 1.84. The van der Waals surface area contributed by atoms with Crippen LogP contribution in [-0.2, 0) is 16.1 Å². The summed E-state index contributed by atoms with van der Waals surface area (Å²) in [6, 6.07) is 12.3. The first kappa shape index (κ1) is 15.0. The quantitative estimate of drug-likeness (QED) is 0.833. The van der Waals surface area contributed by atoms with E-state index < -0.39 is 5.91 Å². The van der Waals surface area contributed by atoms with Gasteiger partial charge in [-0.1, -0.05) is 29.8 Å². The summed E-state index contributed by atoms with van der Waals surface area (Å²) in [4.78, 5) is 27.5. The van der Waals surface area contributed by atoms with Crippen LogP contribution in [0.5, 0.6) is 0 Å². The maximum Gasteiger partial charge on any atom is 0.233 e. The summed E-state index contributed by atoms with van der Waals surface area (Å²) >= 11 is 5.92. The highest BCUT2D eigenvalue weighted by Crippen LogP contribution is 2.20. The van der Waals surface area contributed by atoms with Crippen LogP contribution in [0, 0.1) is 0 Å². The van der Waals surface area contributed by atoms with Gasteiger partial charge >= 0.3 is 0 Å². The molecule has 2 N–H and O–H groups in total. The van der Waals surface area contributed by atoms with E-state index in [2.05, 4.69) is 15.6 Å². The van der Waals surface area contributed by atoms with Gasteiger partial charge in [0.2, 0.25) is 11.8 Å². The highest BCUT2D eigenvalue weighted by Gasteiger charge is 2.10. The number of anilines is 1. The van der Waals surface area contributed by atoms with E-state index >= 15 is 0 Å². The van der Waals surface area contributed by atoms with Crippen LogP contribution < -0.4 is 10.6 Å². The summed E-state index contributed by atoms with van der Waals surface area (Å²) in [7, 11) is 0. The number of rotatable bonds is 5. The molecule has 0 saturated heterocycles. The van der Waals surface area contributed by atoms with Crippen LogP contribution in [-0.4, -0.2) is 16.8 Å². The van der Waals surface area contributed by atoms with Gasteiger partial charge in [-0.25, -0.2) is 0 Å². The van der Waals surface area contributed by atoms with Crippen molar-refractivity contribution in [1.29, 1.82) is 0 Å². The Kier molecular flexibility index (Phi) is 5.29. The SMILES string of the molecule is O=C(CC(=O)Nc1ccccc1Cl)NCc1ccccn1. The zero-order valence-corrected chi connectivity index (χ0v) is 11.9. The van der Waals surface area contributed by atoms with Crippen molar-refractivity contribution in [3.8, 4) is 0 Å². The molecule has 1 aromatic carbocycles. The Hall–Kier alpha value is -2.40. The van der Waals surface area contributed by atoms with Crippen LogP contribution in [0.4, 0.5) is 5.69 Å². The molecule has 5 nitrogen and oxygen atoms in total. The minimum absolute atomic E-state index is 0.266. The number of amides is 2. The highest BCUT2D eigenvalue weighted by atomic mass is 35.5. The van der Waals surface area contributed by atoms with Gasteiger partial charge in [0, 0.05) is 6.20 Å². The summed E-state index contributed by atoms with van der Waals surface area (Å²) in [6.07, 6.45) is 1.38.